The highest BCUT2D eigenvalue weighted by Crippen LogP contribution is 2.59. The zero-order valence-corrected chi connectivity index (χ0v) is 70.2. The van der Waals surface area contributed by atoms with E-state index in [1.165, 1.54) is 0 Å². The molecule has 20 bridgehead atoms. The normalized spacial score (nSPS) is 41.7. The third kappa shape index (κ3) is 20.0. The molecule has 0 radical (unpaired) electrons. The molecule has 0 amide bonds. The Morgan fingerprint density at radius 2 is 0.231 bits per heavy atom. The molecule has 40 nitrogen and oxygen atoms in total. The molecule has 0 aromatic heterocycles. The molecule has 0 aromatic rings. The van der Waals surface area contributed by atoms with Gasteiger partial charge in [0.05, 0.1) is 88.8 Å². The summed E-state index contributed by atoms with van der Waals surface area (Å²) >= 11 is 0. The number of hydrogen-bond donors (Lipinski definition) is 15. The van der Waals surface area contributed by atoms with Crippen LogP contribution in [0.4, 0.5) is 0 Å². The SMILES string of the molecule is O=C(O)C1C2C=CC(C2)C1C(=O)O.O=C(O)C1C2C=CC(C2)C1C(=O)O.O=C(O)C1C2CCC(C2)C1C(=O)O.O=C(O)C1C2CCC(C2)C1C(=O)O.O=C(O)C1C2CCC(C2)C1C(=O)O.O=C([O-])C1C2C=CC(C2)C1C(=O)O.O=C([O-])C1C2C=CC(C2)C1C(=O)O.O=C([O-])C1C2CCC(C2)C1C(=O)O.O=C([O-])C1C2CCC(C2)C1C(=O)O.O=C([O-])C1C2CCC(C2)C1C(=O)O. The molecule has 40 heteroatoms. The van der Waals surface area contributed by atoms with Crippen LogP contribution < -0.4 is 25.5 Å². The lowest BCUT2D eigenvalue weighted by Gasteiger charge is -2.28. The standard InChI is InChI=1S/6C9H12O4.4C9H10O4/c10*10-8(11)6-4-1-2-5(3-4)7(6)9(12)13/h6*4-7H,1-3H2,(H,10,11)(H,12,13);4*1-2,4-7H,3H2,(H,10,11)(H,12,13)/p-5. The summed E-state index contributed by atoms with van der Waals surface area (Å²) in [4.78, 5) is 216. The van der Waals surface area contributed by atoms with Gasteiger partial charge in [0.15, 0.2) is 0 Å². The van der Waals surface area contributed by atoms with E-state index in [1.54, 1.807) is 12.2 Å². The van der Waals surface area contributed by atoms with Gasteiger partial charge in [0.1, 0.15) is 0 Å². The maximum Gasteiger partial charge on any atom is 0.307 e. The molecule has 20 aliphatic carbocycles. The van der Waals surface area contributed by atoms with Gasteiger partial charge in [-0.3, -0.25) is 71.9 Å². The summed E-state index contributed by atoms with van der Waals surface area (Å²) in [5, 5.41) is 187. The van der Waals surface area contributed by atoms with Crippen LogP contribution in [0, 0.1) is 237 Å². The zero-order chi connectivity index (χ0) is 95.9. The summed E-state index contributed by atoms with van der Waals surface area (Å²) in [6, 6.07) is 0. The number of hydrogen-bond acceptors (Lipinski definition) is 25. The number of carboxylic acid groups (broad SMARTS) is 20. The van der Waals surface area contributed by atoms with Gasteiger partial charge in [-0.2, -0.15) is 0 Å². The summed E-state index contributed by atoms with van der Waals surface area (Å²) in [6.45, 7) is 0. The van der Waals surface area contributed by atoms with Crippen LogP contribution in [0.5, 0.6) is 0 Å². The monoisotopic (exact) mass is 1830 g/mol. The van der Waals surface area contributed by atoms with Gasteiger partial charge >= 0.3 is 89.5 Å². The van der Waals surface area contributed by atoms with Crippen LogP contribution in [0.25, 0.3) is 0 Å². The second-order valence-corrected chi connectivity index (χ2v) is 39.0. The second kappa shape index (κ2) is 40.4. The van der Waals surface area contributed by atoms with Crippen LogP contribution in [0.15, 0.2) is 48.6 Å². The van der Waals surface area contributed by atoms with E-state index in [2.05, 4.69) is 0 Å². The average Bonchev–Trinajstić information content (AvgIpc) is 1.71. The van der Waals surface area contributed by atoms with Gasteiger partial charge in [0, 0.05) is 59.4 Å². The molecule has 20 aliphatic rings. The lowest BCUT2D eigenvalue weighted by molar-refractivity contribution is -0.316. The number of carbonyl (C=O) groups is 20. The maximum atomic E-state index is 10.8. The van der Waals surface area contributed by atoms with Crippen molar-refractivity contribution in [3.05, 3.63) is 48.6 Å². The fraction of sp³-hybridized carbons (Fsp3) is 0.689. The zero-order valence-electron chi connectivity index (χ0n) is 70.2. The smallest absolute Gasteiger partial charge is 0.307 e. The minimum absolute atomic E-state index is 0.0519. The largest absolute Gasteiger partial charge is 0.550 e. The molecule has 712 valence electrons. The first-order valence-electron chi connectivity index (χ1n) is 44.3. The van der Waals surface area contributed by atoms with Crippen molar-refractivity contribution in [1.82, 2.24) is 0 Å². The van der Waals surface area contributed by atoms with Crippen LogP contribution in [0.2, 0.25) is 0 Å². The minimum atomic E-state index is -1.23. The molecule has 20 rings (SSSR count). The highest BCUT2D eigenvalue weighted by atomic mass is 16.4. The van der Waals surface area contributed by atoms with Gasteiger partial charge in [0.25, 0.3) is 0 Å². The first-order valence-corrected chi connectivity index (χ1v) is 44.3. The Labute approximate surface area is 741 Å². The van der Waals surface area contributed by atoms with E-state index in [4.69, 9.17) is 76.6 Å². The van der Waals surface area contributed by atoms with Crippen molar-refractivity contribution in [2.24, 2.45) is 237 Å². The van der Waals surface area contributed by atoms with Crippen molar-refractivity contribution < 1.29 is 198 Å². The molecule has 15 N–H and O–H groups in total. The van der Waals surface area contributed by atoms with E-state index in [0.29, 0.717) is 25.7 Å². The Kier molecular flexibility index (Phi) is 30.7. The van der Waals surface area contributed by atoms with Gasteiger partial charge in [-0.1, -0.05) is 48.6 Å². The summed E-state index contributed by atoms with van der Waals surface area (Å²) in [6.07, 6.45) is 32.4. The van der Waals surface area contributed by atoms with E-state index in [-0.39, 0.29) is 118 Å². The lowest BCUT2D eigenvalue weighted by atomic mass is 9.79. The van der Waals surface area contributed by atoms with Gasteiger partial charge < -0.3 is 126 Å². The molecule has 0 aliphatic heterocycles. The Bertz CT molecular complexity index is 3680. The van der Waals surface area contributed by atoms with Gasteiger partial charge in [0.2, 0.25) is 0 Å². The molecule has 130 heavy (non-hydrogen) atoms. The molecular weight excluding hydrogens is 1720 g/mol. The van der Waals surface area contributed by atoms with Crippen molar-refractivity contribution in [2.75, 3.05) is 0 Å². The number of rotatable bonds is 20. The van der Waals surface area contributed by atoms with Gasteiger partial charge in [-0.25, -0.2) is 0 Å². The Morgan fingerprint density at radius 3 is 0.323 bits per heavy atom. The van der Waals surface area contributed by atoms with Crippen LogP contribution in [-0.2, 0) is 95.9 Å². The second-order valence-electron chi connectivity index (χ2n) is 39.0. The molecule has 16 fully saturated rings. The molecule has 40 atom stereocenters. The Hall–Kier alpha value is -11.6. The Morgan fingerprint density at radius 1 is 0.138 bits per heavy atom. The van der Waals surface area contributed by atoms with Crippen LogP contribution >= 0.6 is 0 Å². The predicted molar refractivity (Wildman–Crippen MR) is 417 cm³/mol. The van der Waals surface area contributed by atoms with Crippen LogP contribution in [0.3, 0.4) is 0 Å². The topological polar surface area (TPSA) is 760 Å². The molecule has 0 aromatic carbocycles. The summed E-state index contributed by atoms with van der Waals surface area (Å²) in [7, 11) is 0. The maximum absolute atomic E-state index is 10.8. The molecular formula is C90H107O40-5. The predicted octanol–water partition coefficient (Wildman–Crippen LogP) is 0.609. The molecule has 40 unspecified atom stereocenters. The quantitative estimate of drug-likeness (QED) is 0.0743. The number of carboxylic acids is 20. The molecule has 16 saturated carbocycles. The molecule has 0 saturated heterocycles. The van der Waals surface area contributed by atoms with E-state index in [9.17, 15) is 121 Å². The van der Waals surface area contributed by atoms with E-state index in [0.717, 1.165) is 116 Å². The highest BCUT2D eigenvalue weighted by molar-refractivity contribution is 5.88. The molecule has 0 spiro atoms. The fourth-order valence-corrected chi connectivity index (χ4v) is 27.9. The van der Waals surface area contributed by atoms with Crippen molar-refractivity contribution in [2.45, 2.75) is 141 Å². The number of fused-ring (bicyclic) bond motifs is 20. The lowest BCUT2D eigenvalue weighted by Crippen LogP contribution is -2.42. The third-order valence-electron chi connectivity index (χ3n) is 33.0. The highest BCUT2D eigenvalue weighted by Gasteiger charge is 2.61. The average molecular weight is 1830 g/mol. The van der Waals surface area contributed by atoms with E-state index in [1.807, 2.05) is 36.5 Å². The molecule has 0 heterocycles. The number of carbonyl (C=O) groups excluding carboxylic acids is 5. The van der Waals surface area contributed by atoms with Crippen LogP contribution in [0.1, 0.15) is 141 Å². The van der Waals surface area contributed by atoms with Crippen molar-refractivity contribution in [3.8, 4) is 0 Å². The summed E-state index contributed by atoms with van der Waals surface area (Å²) in [5.74, 6) is -34.3. The Balaban J connectivity index is 0.000000140. The number of allylic oxidation sites excluding steroid dienone is 8. The minimum Gasteiger partial charge on any atom is -0.550 e. The first-order chi connectivity index (χ1) is 61.1. The summed E-state index contributed by atoms with van der Waals surface area (Å²) in [5.41, 5.74) is 0. The third-order valence-corrected chi connectivity index (χ3v) is 33.0. The van der Waals surface area contributed by atoms with Gasteiger partial charge in [-0.05, 0) is 260 Å². The van der Waals surface area contributed by atoms with E-state index >= 15 is 0 Å². The van der Waals surface area contributed by atoms with Crippen molar-refractivity contribution >= 4 is 119 Å². The fourth-order valence-electron chi connectivity index (χ4n) is 27.9. The van der Waals surface area contributed by atoms with E-state index < -0.39 is 238 Å². The van der Waals surface area contributed by atoms with Gasteiger partial charge in [-0.15, -0.1) is 0 Å². The number of aliphatic carboxylic acids is 20. The van der Waals surface area contributed by atoms with Crippen molar-refractivity contribution in [1.29, 1.82) is 0 Å². The summed E-state index contributed by atoms with van der Waals surface area (Å²) < 4.78 is 0. The van der Waals surface area contributed by atoms with Crippen molar-refractivity contribution in [3.63, 3.8) is 0 Å². The first kappa shape index (κ1) is 98.9. The van der Waals surface area contributed by atoms with Crippen LogP contribution in [-0.4, -0.2) is 196 Å².